The fraction of sp³-hybridized carbons (Fsp3) is 0.294. The topological polar surface area (TPSA) is 20.2 Å². The molecule has 0 amide bonds. The van der Waals surface area contributed by atoms with Crippen molar-refractivity contribution in [3.63, 3.8) is 0 Å². The number of hydrogen-bond acceptors (Lipinski definition) is 1. The van der Waals surface area contributed by atoms with Gasteiger partial charge in [0.15, 0.2) is 0 Å². The van der Waals surface area contributed by atoms with Crippen LogP contribution in [-0.2, 0) is 6.42 Å². The molecule has 0 aromatic heterocycles. The monoisotopic (exact) mass is 366 g/mol. The summed E-state index contributed by atoms with van der Waals surface area (Å²) >= 11 is 2.29. The van der Waals surface area contributed by atoms with E-state index in [2.05, 4.69) is 72.8 Å². The Morgan fingerprint density at radius 3 is 1.95 bits per heavy atom. The number of hydrogen-bond donors (Lipinski definition) is 1. The highest BCUT2D eigenvalue weighted by Crippen LogP contribution is 2.22. The van der Waals surface area contributed by atoms with Gasteiger partial charge in [0, 0.05) is 9.99 Å². The molecular formula is C17H19IO. The summed E-state index contributed by atoms with van der Waals surface area (Å²) in [6.07, 6.45) is 0.235. The van der Waals surface area contributed by atoms with E-state index in [1.54, 1.807) is 0 Å². The first-order chi connectivity index (χ1) is 9.06. The molecular weight excluding hydrogens is 347 g/mol. The maximum absolute atomic E-state index is 10.3. The van der Waals surface area contributed by atoms with Crippen molar-refractivity contribution in [1.29, 1.82) is 0 Å². The Kier molecular flexibility index (Phi) is 4.99. The van der Waals surface area contributed by atoms with Crippen molar-refractivity contribution in [2.45, 2.75) is 32.3 Å². The highest BCUT2D eigenvalue weighted by molar-refractivity contribution is 14.1. The quantitative estimate of drug-likeness (QED) is 0.779. The van der Waals surface area contributed by atoms with Crippen LogP contribution in [-0.4, -0.2) is 5.11 Å². The predicted octanol–water partition coefficient (Wildman–Crippen LogP) is 4.69. The van der Waals surface area contributed by atoms with Crippen molar-refractivity contribution in [3.05, 3.63) is 68.8 Å². The Morgan fingerprint density at radius 2 is 1.42 bits per heavy atom. The van der Waals surface area contributed by atoms with E-state index in [0.717, 1.165) is 5.56 Å². The van der Waals surface area contributed by atoms with Gasteiger partial charge in [0.1, 0.15) is 0 Å². The van der Waals surface area contributed by atoms with Gasteiger partial charge in [-0.2, -0.15) is 0 Å². The molecule has 2 aromatic carbocycles. The van der Waals surface area contributed by atoms with Crippen LogP contribution >= 0.6 is 22.6 Å². The number of benzene rings is 2. The zero-order valence-electron chi connectivity index (χ0n) is 11.3. The largest absolute Gasteiger partial charge is 0.388 e. The lowest BCUT2D eigenvalue weighted by Gasteiger charge is -2.13. The van der Waals surface area contributed by atoms with E-state index in [0.29, 0.717) is 12.3 Å². The first-order valence-corrected chi connectivity index (χ1v) is 7.66. The molecule has 0 aliphatic heterocycles. The van der Waals surface area contributed by atoms with Crippen LogP contribution in [0.2, 0.25) is 0 Å². The van der Waals surface area contributed by atoms with E-state index in [1.807, 2.05) is 12.1 Å². The van der Waals surface area contributed by atoms with E-state index in [4.69, 9.17) is 0 Å². The fourth-order valence-electron chi connectivity index (χ4n) is 2.06. The molecule has 0 bridgehead atoms. The third-order valence-electron chi connectivity index (χ3n) is 3.33. The molecule has 0 saturated heterocycles. The van der Waals surface area contributed by atoms with Gasteiger partial charge in [0.05, 0.1) is 6.10 Å². The molecule has 0 aliphatic rings. The lowest BCUT2D eigenvalue weighted by atomic mass is 9.97. The minimum Gasteiger partial charge on any atom is -0.388 e. The third-order valence-corrected chi connectivity index (χ3v) is 4.05. The summed E-state index contributed by atoms with van der Waals surface area (Å²) in [7, 11) is 0. The van der Waals surface area contributed by atoms with E-state index in [9.17, 15) is 5.11 Å². The molecule has 0 radical (unpaired) electrons. The standard InChI is InChI=1S/C17H19IO/c1-12(2)14-5-7-15(8-6-14)17(19)11-13-3-9-16(18)10-4-13/h3-10,12,17,19H,11H2,1-2H3. The predicted molar refractivity (Wildman–Crippen MR) is 88.4 cm³/mol. The number of halogens is 1. The Labute approximate surface area is 128 Å². The molecule has 0 fully saturated rings. The van der Waals surface area contributed by atoms with Gasteiger partial charge in [-0.05, 0) is 57.3 Å². The zero-order chi connectivity index (χ0) is 13.8. The average Bonchev–Trinajstić information content (AvgIpc) is 2.41. The van der Waals surface area contributed by atoms with Gasteiger partial charge < -0.3 is 5.11 Å². The van der Waals surface area contributed by atoms with Crippen molar-refractivity contribution in [2.24, 2.45) is 0 Å². The first-order valence-electron chi connectivity index (χ1n) is 6.58. The summed E-state index contributed by atoms with van der Waals surface area (Å²) in [6, 6.07) is 16.6. The molecule has 0 saturated carbocycles. The van der Waals surface area contributed by atoms with Crippen molar-refractivity contribution < 1.29 is 5.11 Å². The molecule has 1 atom stereocenters. The third kappa shape index (κ3) is 4.05. The second-order valence-corrected chi connectivity index (χ2v) is 6.41. The zero-order valence-corrected chi connectivity index (χ0v) is 13.5. The minimum atomic E-state index is -0.429. The van der Waals surface area contributed by atoms with Crippen molar-refractivity contribution in [3.8, 4) is 0 Å². The van der Waals surface area contributed by atoms with Crippen LogP contribution < -0.4 is 0 Å². The maximum atomic E-state index is 10.3. The number of rotatable bonds is 4. The summed E-state index contributed by atoms with van der Waals surface area (Å²) in [5.41, 5.74) is 3.47. The van der Waals surface area contributed by atoms with Crippen LogP contribution in [0.1, 0.15) is 42.6 Å². The summed E-state index contributed by atoms with van der Waals surface area (Å²) in [4.78, 5) is 0. The SMILES string of the molecule is CC(C)c1ccc(C(O)Cc2ccc(I)cc2)cc1. The Hall–Kier alpha value is -0.870. The molecule has 0 heterocycles. The van der Waals surface area contributed by atoms with Gasteiger partial charge in [-0.25, -0.2) is 0 Å². The first kappa shape index (κ1) is 14.5. The molecule has 100 valence electrons. The summed E-state index contributed by atoms with van der Waals surface area (Å²) in [5, 5.41) is 10.3. The molecule has 0 aliphatic carbocycles. The van der Waals surface area contributed by atoms with Gasteiger partial charge in [-0.1, -0.05) is 50.2 Å². The Morgan fingerprint density at radius 1 is 0.895 bits per heavy atom. The molecule has 1 nitrogen and oxygen atoms in total. The normalized spacial score (nSPS) is 12.7. The van der Waals surface area contributed by atoms with E-state index in [-0.39, 0.29) is 0 Å². The van der Waals surface area contributed by atoms with Crippen molar-refractivity contribution in [1.82, 2.24) is 0 Å². The number of aliphatic hydroxyl groups is 1. The van der Waals surface area contributed by atoms with Crippen LogP contribution in [0, 0.1) is 3.57 Å². The molecule has 1 unspecified atom stereocenters. The smallest absolute Gasteiger partial charge is 0.0830 e. The average molecular weight is 366 g/mol. The van der Waals surface area contributed by atoms with Crippen LogP contribution in [0.15, 0.2) is 48.5 Å². The lowest BCUT2D eigenvalue weighted by Crippen LogP contribution is -2.02. The lowest BCUT2D eigenvalue weighted by molar-refractivity contribution is 0.178. The summed E-state index contributed by atoms with van der Waals surface area (Å²) < 4.78 is 1.22. The van der Waals surface area contributed by atoms with Crippen LogP contribution in [0.25, 0.3) is 0 Å². The van der Waals surface area contributed by atoms with Gasteiger partial charge in [0.25, 0.3) is 0 Å². The summed E-state index contributed by atoms with van der Waals surface area (Å²) in [6.45, 7) is 4.36. The van der Waals surface area contributed by atoms with Crippen molar-refractivity contribution >= 4 is 22.6 Å². The second-order valence-electron chi connectivity index (χ2n) is 5.17. The highest BCUT2D eigenvalue weighted by atomic mass is 127. The molecule has 0 spiro atoms. The Bertz CT molecular complexity index is 514. The second kappa shape index (κ2) is 6.53. The molecule has 19 heavy (non-hydrogen) atoms. The maximum Gasteiger partial charge on any atom is 0.0830 e. The van der Waals surface area contributed by atoms with E-state index in [1.165, 1.54) is 14.7 Å². The molecule has 2 aromatic rings. The van der Waals surface area contributed by atoms with E-state index >= 15 is 0 Å². The van der Waals surface area contributed by atoms with Crippen LogP contribution in [0.4, 0.5) is 0 Å². The van der Waals surface area contributed by atoms with Gasteiger partial charge in [-0.15, -0.1) is 0 Å². The Balaban J connectivity index is 2.07. The molecule has 2 heteroatoms. The molecule has 2 rings (SSSR count). The summed E-state index contributed by atoms with van der Waals surface area (Å²) in [5.74, 6) is 0.530. The van der Waals surface area contributed by atoms with Gasteiger partial charge >= 0.3 is 0 Å². The highest BCUT2D eigenvalue weighted by Gasteiger charge is 2.09. The van der Waals surface area contributed by atoms with Gasteiger partial charge in [-0.3, -0.25) is 0 Å². The van der Waals surface area contributed by atoms with Crippen LogP contribution in [0.5, 0.6) is 0 Å². The minimum absolute atomic E-state index is 0.429. The van der Waals surface area contributed by atoms with E-state index < -0.39 is 6.10 Å². The van der Waals surface area contributed by atoms with Gasteiger partial charge in [0.2, 0.25) is 0 Å². The van der Waals surface area contributed by atoms with Crippen LogP contribution in [0.3, 0.4) is 0 Å². The fourth-order valence-corrected chi connectivity index (χ4v) is 2.42. The molecule has 1 N–H and O–H groups in total. The van der Waals surface area contributed by atoms with Crippen molar-refractivity contribution in [2.75, 3.05) is 0 Å². The number of aliphatic hydroxyl groups excluding tert-OH is 1.